The molecular weight excluding hydrogens is 154 g/mol. The minimum Gasteiger partial charge on any atom is -0.269 e. The van der Waals surface area contributed by atoms with Crippen LogP contribution in [0, 0.1) is 0 Å². The molecule has 0 N–H and O–H groups in total. The molecule has 0 bridgehead atoms. The van der Waals surface area contributed by atoms with Crippen LogP contribution in [0.15, 0.2) is 30.3 Å². The van der Waals surface area contributed by atoms with Gasteiger partial charge in [-0.15, -0.1) is 4.78 Å². The fraction of sp³-hybridized carbons (Fsp3) is 0.333. The first-order valence-electron chi connectivity index (χ1n) is 3.58. The number of hydrogen-bond acceptors (Lipinski definition) is 0. The monoisotopic (exact) mass is 166 g/mol. The summed E-state index contributed by atoms with van der Waals surface area (Å²) in [6.45, 7) is 2.21. The van der Waals surface area contributed by atoms with E-state index >= 15 is 0 Å². The van der Waals surface area contributed by atoms with Gasteiger partial charge in [0.15, 0.2) is 0 Å². The zero-order valence-corrected chi connectivity index (χ0v) is 7.81. The molecule has 0 aliphatic rings. The van der Waals surface area contributed by atoms with Crippen LogP contribution in [0.25, 0.3) is 0 Å². The highest BCUT2D eigenvalue weighted by atomic mass is 27.0. The Kier molecular flexibility index (Phi) is 5.19. The summed E-state index contributed by atoms with van der Waals surface area (Å²) in [5, 5.41) is 0. The van der Waals surface area contributed by atoms with Crippen molar-refractivity contribution in [2.45, 2.75) is 18.1 Å². The topological polar surface area (TPSA) is 0 Å². The van der Waals surface area contributed by atoms with Gasteiger partial charge in [-0.1, -0.05) is 37.3 Å². The number of benzene rings is 1. The van der Waals surface area contributed by atoms with Gasteiger partial charge in [-0.3, -0.25) is 4.70 Å². The molecule has 0 saturated carbocycles. The zero-order chi connectivity index (χ0) is 7.40. The summed E-state index contributed by atoms with van der Waals surface area (Å²) in [5.74, 6) is 0. The van der Waals surface area contributed by atoms with E-state index < -0.39 is 0 Å². The summed E-state index contributed by atoms with van der Waals surface area (Å²) >= 11 is 2.81. The van der Waals surface area contributed by atoms with E-state index in [9.17, 15) is 0 Å². The summed E-state index contributed by atoms with van der Waals surface area (Å²) in [7, 11) is 0. The van der Waals surface area contributed by atoms with Gasteiger partial charge in [0.25, 0.3) is 0 Å². The molecule has 11 heavy (non-hydrogen) atoms. The Balaban J connectivity index is 0.000001000. The van der Waals surface area contributed by atoms with Gasteiger partial charge in [0.05, 0.1) is 0 Å². The van der Waals surface area contributed by atoms with E-state index in [0.29, 0.717) is 4.78 Å². The Morgan fingerprint density at radius 2 is 1.82 bits per heavy atom. The summed E-state index contributed by atoms with van der Waals surface area (Å²) in [6, 6.07) is 10.6. The molecule has 58 valence electrons. The number of hydrogen-bond donors (Lipinski definition) is 0. The van der Waals surface area contributed by atoms with E-state index in [-0.39, 0.29) is 4.70 Å². The number of rotatable bonds is 2. The van der Waals surface area contributed by atoms with Crippen LogP contribution in [0.5, 0.6) is 0 Å². The van der Waals surface area contributed by atoms with Crippen LogP contribution >= 0.6 is 0 Å². The fourth-order valence-corrected chi connectivity index (χ4v) is 1.26. The van der Waals surface area contributed by atoms with Gasteiger partial charge < -0.3 is 0 Å². The van der Waals surface area contributed by atoms with Gasteiger partial charge in [0.2, 0.25) is 0 Å². The van der Waals surface area contributed by atoms with Crippen molar-refractivity contribution in [3.63, 3.8) is 0 Å². The van der Waals surface area contributed by atoms with Crippen molar-refractivity contribution in [3.05, 3.63) is 35.9 Å². The second-order valence-electron chi connectivity index (χ2n) is 2.67. The molecule has 0 aliphatic carbocycles. The van der Waals surface area contributed by atoms with E-state index in [1.165, 1.54) is 5.56 Å². The lowest BCUT2D eigenvalue weighted by atomic mass is 10.1. The highest BCUT2D eigenvalue weighted by Gasteiger charge is 1.93. The van der Waals surface area contributed by atoms with Gasteiger partial charge >= 0.3 is 0 Å². The largest absolute Gasteiger partial charge is 0.269 e. The molecule has 1 rings (SSSR count). The standard InChI is InChI=1S/C9H11.Al.FH/c1-2-6-9-7-4-3-5-8-9;;/h2-5,7-8H,6H2,1H3;;1H. The second kappa shape index (κ2) is 5.35. The van der Waals surface area contributed by atoms with Crippen molar-refractivity contribution in [2.75, 3.05) is 0 Å². The van der Waals surface area contributed by atoms with Crippen molar-refractivity contribution < 1.29 is 4.70 Å². The number of halogens is 1. The molecule has 2 heteroatoms. The normalized spacial score (nSPS) is 11.7. The van der Waals surface area contributed by atoms with E-state index in [1.54, 1.807) is 0 Å². The quantitative estimate of drug-likeness (QED) is 0.591. The minimum absolute atomic E-state index is 0. The zero-order valence-electron chi connectivity index (χ0n) is 6.66. The highest BCUT2D eigenvalue weighted by molar-refractivity contribution is 6.11. The van der Waals surface area contributed by atoms with Crippen molar-refractivity contribution in [2.24, 2.45) is 0 Å². The lowest BCUT2D eigenvalue weighted by molar-refractivity contribution is 0.916. The molecule has 0 saturated heterocycles. The summed E-state index contributed by atoms with van der Waals surface area (Å²) in [4.78, 5) is 0. The smallest absolute Gasteiger partial charge is 0.123 e. The SMILES string of the molecule is C[CH]([Al])Cc1ccccc1.F. The van der Waals surface area contributed by atoms with Gasteiger partial charge in [-0.05, 0) is 12.0 Å². The molecule has 1 aromatic carbocycles. The second-order valence-corrected chi connectivity index (χ2v) is 3.81. The third kappa shape index (κ3) is 4.19. The summed E-state index contributed by atoms with van der Waals surface area (Å²) in [5.41, 5.74) is 1.42. The van der Waals surface area contributed by atoms with Crippen LogP contribution < -0.4 is 0 Å². The molecule has 0 aromatic heterocycles. The minimum atomic E-state index is 0. The average molecular weight is 166 g/mol. The maximum atomic E-state index is 2.81. The molecule has 0 heterocycles. The molecule has 1 aromatic rings. The highest BCUT2D eigenvalue weighted by Crippen LogP contribution is 2.08. The average Bonchev–Trinajstić information content (AvgIpc) is 1.88. The molecule has 1 atom stereocenters. The van der Waals surface area contributed by atoms with Gasteiger partial charge in [-0.25, -0.2) is 0 Å². The van der Waals surface area contributed by atoms with E-state index in [4.69, 9.17) is 0 Å². The van der Waals surface area contributed by atoms with Gasteiger partial charge in [-0.2, -0.15) is 0 Å². The van der Waals surface area contributed by atoms with E-state index in [1.807, 2.05) is 0 Å². The van der Waals surface area contributed by atoms with Crippen LogP contribution in [-0.2, 0) is 6.42 Å². The van der Waals surface area contributed by atoms with Crippen molar-refractivity contribution in [3.8, 4) is 0 Å². The van der Waals surface area contributed by atoms with Crippen LogP contribution in [0.4, 0.5) is 4.70 Å². The Morgan fingerprint density at radius 1 is 1.27 bits per heavy atom. The van der Waals surface area contributed by atoms with Crippen LogP contribution in [-0.4, -0.2) is 16.3 Å². The molecule has 0 aliphatic heterocycles. The van der Waals surface area contributed by atoms with E-state index in [0.717, 1.165) is 6.42 Å². The van der Waals surface area contributed by atoms with Crippen LogP contribution in [0.1, 0.15) is 12.5 Å². The van der Waals surface area contributed by atoms with Gasteiger partial charge in [0.1, 0.15) is 16.3 Å². The first-order valence-corrected chi connectivity index (χ1v) is 4.25. The first-order chi connectivity index (χ1) is 4.79. The van der Waals surface area contributed by atoms with Crippen LogP contribution in [0.2, 0.25) is 4.78 Å². The van der Waals surface area contributed by atoms with Crippen molar-refractivity contribution in [1.29, 1.82) is 0 Å². The Morgan fingerprint density at radius 3 is 2.27 bits per heavy atom. The van der Waals surface area contributed by atoms with Crippen molar-refractivity contribution >= 4 is 16.3 Å². The van der Waals surface area contributed by atoms with E-state index in [2.05, 4.69) is 53.5 Å². The first kappa shape index (κ1) is 10.7. The maximum Gasteiger partial charge on any atom is 0.123 e. The lowest BCUT2D eigenvalue weighted by Crippen LogP contribution is -1.90. The third-order valence-electron chi connectivity index (χ3n) is 1.40. The fourth-order valence-electron chi connectivity index (χ4n) is 0.986. The summed E-state index contributed by atoms with van der Waals surface area (Å²) in [6.07, 6.45) is 1.16. The molecule has 0 fully saturated rings. The van der Waals surface area contributed by atoms with Crippen LogP contribution in [0.3, 0.4) is 0 Å². The predicted molar refractivity (Wildman–Crippen MR) is 47.8 cm³/mol. The predicted octanol–water partition coefficient (Wildman–Crippen LogP) is 2.36. The molecular formula is C9H12AlF. The third-order valence-corrected chi connectivity index (χ3v) is 1.64. The van der Waals surface area contributed by atoms with Crippen molar-refractivity contribution in [1.82, 2.24) is 0 Å². The molecule has 0 nitrogen and oxygen atoms in total. The molecule has 0 spiro atoms. The summed E-state index contributed by atoms with van der Waals surface area (Å²) < 4.78 is 0.683. The Hall–Kier alpha value is -0.318. The Labute approximate surface area is 75.4 Å². The molecule has 2 radical (unpaired) electrons. The molecule has 0 amide bonds. The van der Waals surface area contributed by atoms with Gasteiger partial charge in [0, 0.05) is 0 Å². The molecule has 1 unspecified atom stereocenters. The maximum absolute atomic E-state index is 2.81. The lowest BCUT2D eigenvalue weighted by Gasteiger charge is -2.03. The Bertz CT molecular complexity index is 184.